The van der Waals surface area contributed by atoms with Crippen LogP contribution in [0.4, 0.5) is 0 Å². The normalized spacial score (nSPS) is 16.1. The van der Waals surface area contributed by atoms with Gasteiger partial charge in [-0.2, -0.15) is 0 Å². The van der Waals surface area contributed by atoms with Crippen molar-refractivity contribution < 1.29 is 5.11 Å². The van der Waals surface area contributed by atoms with Crippen molar-refractivity contribution in [3.05, 3.63) is 6.92 Å². The molecule has 1 atom stereocenters. The lowest BCUT2D eigenvalue weighted by Gasteiger charge is -2.23. The molecular weight excluding hydrogens is 100 g/mol. The zero-order valence-electron chi connectivity index (χ0n) is 5.94. The Labute approximate surface area is 51.7 Å². The van der Waals surface area contributed by atoms with Crippen molar-refractivity contribution in [3.63, 3.8) is 0 Å². The van der Waals surface area contributed by atoms with E-state index < -0.39 is 5.60 Å². The molecule has 0 bridgehead atoms. The predicted molar refractivity (Wildman–Crippen MR) is 35.4 cm³/mol. The molecule has 0 aliphatic carbocycles. The van der Waals surface area contributed by atoms with Gasteiger partial charge in [-0.05, 0) is 26.7 Å². The second-order valence-corrected chi connectivity index (χ2v) is 2.76. The van der Waals surface area contributed by atoms with Crippen molar-refractivity contribution in [1.29, 1.82) is 0 Å². The van der Waals surface area contributed by atoms with Crippen molar-refractivity contribution >= 4 is 0 Å². The van der Waals surface area contributed by atoms with Gasteiger partial charge < -0.3 is 5.11 Å². The first-order valence-electron chi connectivity index (χ1n) is 3.04. The molecule has 0 aliphatic heterocycles. The van der Waals surface area contributed by atoms with Gasteiger partial charge >= 0.3 is 0 Å². The van der Waals surface area contributed by atoms with E-state index >= 15 is 0 Å². The van der Waals surface area contributed by atoms with Crippen molar-refractivity contribution in [2.75, 3.05) is 0 Å². The Hall–Kier alpha value is -0.0400. The van der Waals surface area contributed by atoms with Gasteiger partial charge in [0.25, 0.3) is 0 Å². The predicted octanol–water partition coefficient (Wildman–Crippen LogP) is 1.62. The molecule has 0 amide bonds. The first-order valence-corrected chi connectivity index (χ1v) is 3.04. The summed E-state index contributed by atoms with van der Waals surface area (Å²) in [6.45, 7) is 9.37. The summed E-state index contributed by atoms with van der Waals surface area (Å²) in [7, 11) is 0. The van der Waals surface area contributed by atoms with E-state index in [2.05, 4.69) is 6.92 Å². The lowest BCUT2D eigenvalue weighted by molar-refractivity contribution is 0.0344. The summed E-state index contributed by atoms with van der Waals surface area (Å²) in [5.41, 5.74) is -0.602. The van der Waals surface area contributed by atoms with Crippen LogP contribution in [0.3, 0.4) is 0 Å². The van der Waals surface area contributed by atoms with Crippen LogP contribution in [0.1, 0.15) is 27.2 Å². The van der Waals surface area contributed by atoms with Gasteiger partial charge in [0.15, 0.2) is 0 Å². The molecule has 0 aliphatic rings. The Morgan fingerprint density at radius 3 is 2.00 bits per heavy atom. The Morgan fingerprint density at radius 1 is 1.62 bits per heavy atom. The molecule has 0 saturated carbocycles. The third-order valence-corrected chi connectivity index (χ3v) is 1.49. The summed E-state index contributed by atoms with van der Waals surface area (Å²) < 4.78 is 0. The maximum Gasteiger partial charge on any atom is 0.0619 e. The fourth-order valence-electron chi connectivity index (χ4n) is 0.500. The Morgan fingerprint density at radius 2 is 2.00 bits per heavy atom. The quantitative estimate of drug-likeness (QED) is 0.579. The van der Waals surface area contributed by atoms with Crippen molar-refractivity contribution in [3.8, 4) is 0 Å². The molecule has 0 fully saturated rings. The maximum absolute atomic E-state index is 9.22. The summed E-state index contributed by atoms with van der Waals surface area (Å²) >= 11 is 0. The third kappa shape index (κ3) is 2.31. The zero-order valence-corrected chi connectivity index (χ0v) is 5.94. The summed E-state index contributed by atoms with van der Waals surface area (Å²) in [5.74, 6) is 0.155. The molecule has 0 heterocycles. The summed E-state index contributed by atoms with van der Waals surface area (Å²) in [5, 5.41) is 9.22. The van der Waals surface area contributed by atoms with Crippen LogP contribution >= 0.6 is 0 Å². The minimum atomic E-state index is -0.602. The topological polar surface area (TPSA) is 20.2 Å². The molecule has 1 radical (unpaired) electrons. The number of aliphatic hydroxyl groups is 1. The van der Waals surface area contributed by atoms with Crippen LogP contribution in [0.25, 0.3) is 0 Å². The molecule has 0 saturated heterocycles. The lowest BCUT2D eigenvalue weighted by Crippen LogP contribution is -2.27. The highest BCUT2D eigenvalue weighted by molar-refractivity contribution is 4.77. The highest BCUT2D eigenvalue weighted by atomic mass is 16.3. The average molecular weight is 115 g/mol. The van der Waals surface area contributed by atoms with Crippen LogP contribution in [0.15, 0.2) is 0 Å². The number of rotatable bonds is 2. The fourth-order valence-corrected chi connectivity index (χ4v) is 0.500. The molecule has 1 nitrogen and oxygen atoms in total. The second kappa shape index (κ2) is 2.49. The second-order valence-electron chi connectivity index (χ2n) is 2.76. The van der Waals surface area contributed by atoms with Crippen LogP contribution in [-0.2, 0) is 0 Å². The molecule has 1 N–H and O–H groups in total. The third-order valence-electron chi connectivity index (χ3n) is 1.49. The molecular formula is C7H15O. The van der Waals surface area contributed by atoms with Crippen molar-refractivity contribution in [1.82, 2.24) is 0 Å². The lowest BCUT2D eigenvalue weighted by atomic mass is 9.91. The number of hydrogen-bond donors (Lipinski definition) is 1. The SMILES string of the molecule is [CH2]C(CC)C(C)(C)O. The van der Waals surface area contributed by atoms with Gasteiger partial charge in [-0.25, -0.2) is 0 Å². The van der Waals surface area contributed by atoms with E-state index in [9.17, 15) is 5.11 Å². The average Bonchev–Trinajstić information content (AvgIpc) is 1.62. The summed E-state index contributed by atoms with van der Waals surface area (Å²) in [4.78, 5) is 0. The van der Waals surface area contributed by atoms with E-state index in [4.69, 9.17) is 0 Å². The van der Waals surface area contributed by atoms with Crippen molar-refractivity contribution in [2.24, 2.45) is 5.92 Å². The molecule has 0 aromatic rings. The summed E-state index contributed by atoms with van der Waals surface area (Å²) in [6, 6.07) is 0. The van der Waals surface area contributed by atoms with Gasteiger partial charge in [0.1, 0.15) is 0 Å². The van der Waals surface area contributed by atoms with Crippen LogP contribution in [0.5, 0.6) is 0 Å². The molecule has 1 unspecified atom stereocenters. The minimum Gasteiger partial charge on any atom is -0.390 e. The van der Waals surface area contributed by atoms with Gasteiger partial charge in [-0.3, -0.25) is 0 Å². The highest BCUT2D eigenvalue weighted by Gasteiger charge is 2.19. The van der Waals surface area contributed by atoms with Gasteiger partial charge in [0, 0.05) is 0 Å². The van der Waals surface area contributed by atoms with E-state index in [0.717, 1.165) is 6.42 Å². The molecule has 0 rings (SSSR count). The Bertz CT molecular complexity index is 61.3. The molecule has 49 valence electrons. The first kappa shape index (κ1) is 7.96. The van der Waals surface area contributed by atoms with E-state index in [0.29, 0.717) is 0 Å². The van der Waals surface area contributed by atoms with E-state index in [1.165, 1.54) is 0 Å². The van der Waals surface area contributed by atoms with Gasteiger partial charge in [-0.1, -0.05) is 13.3 Å². The van der Waals surface area contributed by atoms with Gasteiger partial charge in [0.05, 0.1) is 5.60 Å². The molecule has 0 aromatic carbocycles. The largest absolute Gasteiger partial charge is 0.390 e. The molecule has 0 spiro atoms. The van der Waals surface area contributed by atoms with Crippen LogP contribution in [-0.4, -0.2) is 10.7 Å². The van der Waals surface area contributed by atoms with Gasteiger partial charge in [-0.15, -0.1) is 0 Å². The van der Waals surface area contributed by atoms with E-state index in [-0.39, 0.29) is 5.92 Å². The Kier molecular flexibility index (Phi) is 2.48. The summed E-state index contributed by atoms with van der Waals surface area (Å²) in [6.07, 6.45) is 0.934. The van der Waals surface area contributed by atoms with Gasteiger partial charge in [0.2, 0.25) is 0 Å². The Balaban J connectivity index is 3.62. The number of hydrogen-bond acceptors (Lipinski definition) is 1. The fraction of sp³-hybridized carbons (Fsp3) is 0.857. The van der Waals surface area contributed by atoms with Crippen LogP contribution in [0.2, 0.25) is 0 Å². The molecule has 0 aromatic heterocycles. The van der Waals surface area contributed by atoms with E-state index in [1.54, 1.807) is 13.8 Å². The monoisotopic (exact) mass is 115 g/mol. The minimum absolute atomic E-state index is 0.155. The van der Waals surface area contributed by atoms with Crippen LogP contribution < -0.4 is 0 Å². The smallest absolute Gasteiger partial charge is 0.0619 e. The zero-order chi connectivity index (χ0) is 6.78. The first-order chi connectivity index (χ1) is 3.48. The van der Waals surface area contributed by atoms with Crippen LogP contribution in [0, 0.1) is 12.8 Å². The molecule has 1 heteroatoms. The maximum atomic E-state index is 9.22. The standard InChI is InChI=1S/C7H15O/c1-5-6(2)7(3,4)8/h6,8H,2,5H2,1,3-4H3. The van der Waals surface area contributed by atoms with Crippen molar-refractivity contribution in [2.45, 2.75) is 32.8 Å². The highest BCUT2D eigenvalue weighted by Crippen LogP contribution is 2.17. The van der Waals surface area contributed by atoms with E-state index in [1.807, 2.05) is 6.92 Å². The molecule has 8 heavy (non-hydrogen) atoms.